The van der Waals surface area contributed by atoms with E-state index >= 15 is 0 Å². The predicted molar refractivity (Wildman–Crippen MR) is 55.7 cm³/mol. The van der Waals surface area contributed by atoms with E-state index in [4.69, 9.17) is 4.74 Å². The Hall–Kier alpha value is -2.16. The van der Waals surface area contributed by atoms with Crippen molar-refractivity contribution in [2.24, 2.45) is 0 Å². The molecule has 9 heteroatoms. The molecule has 0 fully saturated rings. The zero-order valence-corrected chi connectivity index (χ0v) is 10.8. The number of hydrogen-bond acceptors (Lipinski definition) is 9. The number of ether oxygens (including phenoxy) is 5. The number of carbonyl (C=O) groups is 4. The van der Waals surface area contributed by atoms with Gasteiger partial charge in [-0.1, -0.05) is 0 Å². The molecule has 0 aromatic carbocycles. The van der Waals surface area contributed by atoms with Gasteiger partial charge < -0.3 is 18.9 Å². The fourth-order valence-electron chi connectivity index (χ4n) is 0.792. The zero-order valence-electron chi connectivity index (χ0n) is 10.8. The van der Waals surface area contributed by atoms with Crippen LogP contribution in [0.4, 0.5) is 0 Å². The quantitative estimate of drug-likeness (QED) is 0.482. The van der Waals surface area contributed by atoms with E-state index < -0.39 is 36.8 Å². The molecule has 0 N–H and O–H groups in total. The minimum atomic E-state index is -1.81. The Morgan fingerprint density at radius 3 is 0.947 bits per heavy atom. The van der Waals surface area contributed by atoms with E-state index in [1.54, 1.807) is 0 Å². The SMILES string of the molecule is CC(=O)OC(OC(C)=O)OC(OC(C)=O)OC(C)=O. The number of esters is 4. The standard InChI is InChI=1S/C10H14O9/c1-5(11)15-9(16-6(2)12)19-10(17-7(3)13)18-8(4)14/h9-10H,1-4H3. The van der Waals surface area contributed by atoms with Crippen molar-refractivity contribution in [1.82, 2.24) is 0 Å². The lowest BCUT2D eigenvalue weighted by Gasteiger charge is -2.21. The average Bonchev–Trinajstić information content (AvgIpc) is 2.11. The highest BCUT2D eigenvalue weighted by atomic mass is 17.0. The normalized spacial score (nSPS) is 10.0. The smallest absolute Gasteiger partial charge is 0.370 e. The molecule has 9 nitrogen and oxygen atoms in total. The first-order valence-electron chi connectivity index (χ1n) is 5.05. The van der Waals surface area contributed by atoms with Crippen molar-refractivity contribution < 1.29 is 42.9 Å². The van der Waals surface area contributed by atoms with Crippen LogP contribution >= 0.6 is 0 Å². The molecule has 0 aliphatic heterocycles. The maximum Gasteiger partial charge on any atom is 0.370 e. The molecule has 0 aromatic heterocycles. The van der Waals surface area contributed by atoms with Gasteiger partial charge in [-0.15, -0.1) is 0 Å². The third kappa shape index (κ3) is 9.53. The number of hydrogen-bond donors (Lipinski definition) is 0. The van der Waals surface area contributed by atoms with Crippen LogP contribution in [0, 0.1) is 0 Å². The minimum Gasteiger partial charge on any atom is -0.400 e. The first-order chi connectivity index (χ1) is 8.70. The van der Waals surface area contributed by atoms with Gasteiger partial charge >= 0.3 is 36.8 Å². The summed E-state index contributed by atoms with van der Waals surface area (Å²) in [6.07, 6.45) is 0. The fraction of sp³-hybridized carbons (Fsp3) is 0.600. The Balaban J connectivity index is 4.68. The molecule has 108 valence electrons. The van der Waals surface area contributed by atoms with Crippen LogP contribution in [-0.2, 0) is 42.9 Å². The Labute approximate surface area is 108 Å². The zero-order chi connectivity index (χ0) is 15.0. The summed E-state index contributed by atoms with van der Waals surface area (Å²) in [5.74, 6) is -3.29. The molecule has 0 heterocycles. The van der Waals surface area contributed by atoms with Crippen LogP contribution in [0.5, 0.6) is 0 Å². The summed E-state index contributed by atoms with van der Waals surface area (Å²) in [5.41, 5.74) is 0. The molecule has 0 amide bonds. The largest absolute Gasteiger partial charge is 0.400 e. The monoisotopic (exact) mass is 278 g/mol. The molecule has 0 saturated carbocycles. The number of carbonyl (C=O) groups excluding carboxylic acids is 4. The van der Waals surface area contributed by atoms with Gasteiger partial charge in [-0.05, 0) is 0 Å². The van der Waals surface area contributed by atoms with Gasteiger partial charge in [0.05, 0.1) is 0 Å². The molecule has 19 heavy (non-hydrogen) atoms. The summed E-state index contributed by atoms with van der Waals surface area (Å²) in [4.78, 5) is 43.0. The lowest BCUT2D eigenvalue weighted by atomic mass is 10.8. The van der Waals surface area contributed by atoms with Crippen molar-refractivity contribution in [3.63, 3.8) is 0 Å². The molecular formula is C10H14O9. The molecule has 0 saturated heterocycles. The second kappa shape index (κ2) is 8.03. The van der Waals surface area contributed by atoms with E-state index in [1.807, 2.05) is 0 Å². The molecule has 0 unspecified atom stereocenters. The van der Waals surface area contributed by atoms with E-state index in [-0.39, 0.29) is 0 Å². The van der Waals surface area contributed by atoms with Crippen LogP contribution in [-0.4, -0.2) is 36.8 Å². The van der Waals surface area contributed by atoms with E-state index in [2.05, 4.69) is 18.9 Å². The maximum atomic E-state index is 10.8. The maximum absolute atomic E-state index is 10.8. The second-order valence-electron chi connectivity index (χ2n) is 3.15. The Bertz CT molecular complexity index is 296. The van der Waals surface area contributed by atoms with Gasteiger partial charge in [-0.25, -0.2) is 4.74 Å². The van der Waals surface area contributed by atoms with Crippen molar-refractivity contribution in [3.8, 4) is 0 Å². The van der Waals surface area contributed by atoms with Gasteiger partial charge in [-0.2, -0.15) is 0 Å². The molecule has 0 aromatic rings. The summed E-state index contributed by atoms with van der Waals surface area (Å²) in [6, 6.07) is 0. The van der Waals surface area contributed by atoms with Crippen LogP contribution in [0.3, 0.4) is 0 Å². The van der Waals surface area contributed by atoms with Crippen LogP contribution in [0.2, 0.25) is 0 Å². The number of rotatable bonds is 6. The molecule has 0 rings (SSSR count). The van der Waals surface area contributed by atoms with E-state index in [9.17, 15) is 19.2 Å². The van der Waals surface area contributed by atoms with Gasteiger partial charge in [0.15, 0.2) is 0 Å². The van der Waals surface area contributed by atoms with E-state index in [1.165, 1.54) is 0 Å². The molecule has 0 radical (unpaired) electrons. The van der Waals surface area contributed by atoms with E-state index in [0.717, 1.165) is 27.7 Å². The molecule has 0 aliphatic rings. The van der Waals surface area contributed by atoms with Crippen molar-refractivity contribution in [2.45, 2.75) is 40.6 Å². The topological polar surface area (TPSA) is 114 Å². The van der Waals surface area contributed by atoms with Gasteiger partial charge in [0.1, 0.15) is 0 Å². The van der Waals surface area contributed by atoms with Crippen molar-refractivity contribution in [3.05, 3.63) is 0 Å². The van der Waals surface area contributed by atoms with Gasteiger partial charge in [0, 0.05) is 27.7 Å². The molecule has 0 atom stereocenters. The third-order valence-corrected chi connectivity index (χ3v) is 1.27. The highest BCUT2D eigenvalue weighted by Crippen LogP contribution is 2.07. The Morgan fingerprint density at radius 2 is 0.789 bits per heavy atom. The lowest BCUT2D eigenvalue weighted by Crippen LogP contribution is -2.35. The first kappa shape index (κ1) is 16.8. The van der Waals surface area contributed by atoms with Crippen LogP contribution in [0.15, 0.2) is 0 Å². The van der Waals surface area contributed by atoms with Crippen molar-refractivity contribution in [1.29, 1.82) is 0 Å². The molecular weight excluding hydrogens is 264 g/mol. The van der Waals surface area contributed by atoms with Crippen LogP contribution in [0.25, 0.3) is 0 Å². The first-order valence-corrected chi connectivity index (χ1v) is 5.05. The molecule has 0 bridgehead atoms. The summed E-state index contributed by atoms with van der Waals surface area (Å²) in [5, 5.41) is 0. The lowest BCUT2D eigenvalue weighted by molar-refractivity contribution is -0.358. The third-order valence-electron chi connectivity index (χ3n) is 1.27. The van der Waals surface area contributed by atoms with Crippen molar-refractivity contribution >= 4 is 23.9 Å². The highest BCUT2D eigenvalue weighted by molar-refractivity contribution is 5.68. The average molecular weight is 278 g/mol. The Morgan fingerprint density at radius 1 is 0.579 bits per heavy atom. The molecule has 0 spiro atoms. The second-order valence-corrected chi connectivity index (χ2v) is 3.15. The summed E-state index contributed by atoms with van der Waals surface area (Å²) in [7, 11) is 0. The molecule has 0 aliphatic carbocycles. The predicted octanol–water partition coefficient (Wildman–Crippen LogP) is -0.177. The van der Waals surface area contributed by atoms with Gasteiger partial charge in [0.25, 0.3) is 0 Å². The van der Waals surface area contributed by atoms with Crippen molar-refractivity contribution in [2.75, 3.05) is 0 Å². The summed E-state index contributed by atoms with van der Waals surface area (Å²) >= 11 is 0. The van der Waals surface area contributed by atoms with Gasteiger partial charge in [0.2, 0.25) is 0 Å². The fourth-order valence-corrected chi connectivity index (χ4v) is 0.792. The van der Waals surface area contributed by atoms with Crippen LogP contribution < -0.4 is 0 Å². The van der Waals surface area contributed by atoms with Crippen LogP contribution in [0.1, 0.15) is 27.7 Å². The van der Waals surface area contributed by atoms with E-state index in [0.29, 0.717) is 0 Å². The minimum absolute atomic E-state index is 0.823. The highest BCUT2D eigenvalue weighted by Gasteiger charge is 2.26. The van der Waals surface area contributed by atoms with Gasteiger partial charge in [-0.3, -0.25) is 19.2 Å². The Kier molecular flexibility index (Phi) is 7.12. The summed E-state index contributed by atoms with van der Waals surface area (Å²) < 4.78 is 22.6. The summed E-state index contributed by atoms with van der Waals surface area (Å²) in [6.45, 7) is 0.523.